The second kappa shape index (κ2) is 9.37. The molecule has 1 aromatic carbocycles. The lowest BCUT2D eigenvalue weighted by Gasteiger charge is -2.47. The lowest BCUT2D eigenvalue weighted by Crippen LogP contribution is -2.73. The average molecular weight is 570 g/mol. The third-order valence-corrected chi connectivity index (χ3v) is 7.06. The molecular weight excluding hydrogens is 532 g/mol. The SMILES string of the molecule is CC(C)(C)OC(=O)C1(C(=O)OC(C)(C)C)OC(N)=N[C@](C)(c2cc(B3OC(C)(C)C(C)(C)O3)ccc2F)C1(F)F. The highest BCUT2D eigenvalue weighted by atomic mass is 19.3. The fourth-order valence-corrected chi connectivity index (χ4v) is 4.27. The molecule has 1 fully saturated rings. The molecule has 0 aromatic heterocycles. The van der Waals surface area contributed by atoms with Gasteiger partial charge in [0, 0.05) is 5.56 Å². The standard InChI is InChI=1S/C27H38BF3N2O7/c1-21(2,3)36-18(34)26(19(35)37-22(4,5)6)27(30,31)25(11,33-20(32)38-26)16-14-15(12-13-17(16)29)28-39-23(7,8)24(9,10)40-28/h12-14H,1-11H3,(H2,32,33)/t25-/m1/s1. The Bertz CT molecular complexity index is 1190. The Labute approximate surface area is 233 Å². The monoisotopic (exact) mass is 570 g/mol. The number of carbonyl (C=O) groups excluding carboxylic acids is 2. The van der Waals surface area contributed by atoms with Crippen LogP contribution in [0.25, 0.3) is 0 Å². The van der Waals surface area contributed by atoms with Crippen molar-refractivity contribution in [2.75, 3.05) is 0 Å². The van der Waals surface area contributed by atoms with Crippen LogP contribution in [-0.2, 0) is 38.6 Å². The lowest BCUT2D eigenvalue weighted by molar-refractivity contribution is -0.250. The van der Waals surface area contributed by atoms with Crippen LogP contribution in [-0.4, -0.2) is 59.0 Å². The molecule has 0 spiro atoms. The summed E-state index contributed by atoms with van der Waals surface area (Å²) in [4.78, 5) is 30.7. The molecule has 2 N–H and O–H groups in total. The minimum Gasteiger partial charge on any atom is -0.456 e. The number of amidine groups is 1. The molecule has 2 aliphatic heterocycles. The van der Waals surface area contributed by atoms with Gasteiger partial charge in [-0.3, -0.25) is 0 Å². The normalized spacial score (nSPS) is 25.1. The molecule has 1 saturated heterocycles. The van der Waals surface area contributed by atoms with Crippen molar-refractivity contribution in [2.24, 2.45) is 10.7 Å². The number of benzene rings is 1. The first-order chi connectivity index (χ1) is 17.8. The Morgan fingerprint density at radius 1 is 0.900 bits per heavy atom. The van der Waals surface area contributed by atoms with Crippen molar-refractivity contribution in [3.05, 3.63) is 29.6 Å². The summed E-state index contributed by atoms with van der Waals surface area (Å²) in [6, 6.07) is 2.39. The van der Waals surface area contributed by atoms with Gasteiger partial charge in [-0.15, -0.1) is 0 Å². The van der Waals surface area contributed by atoms with Crippen molar-refractivity contribution in [3.8, 4) is 0 Å². The van der Waals surface area contributed by atoms with E-state index < -0.39 is 75.9 Å². The van der Waals surface area contributed by atoms with Crippen LogP contribution in [0.3, 0.4) is 0 Å². The maximum absolute atomic E-state index is 16.9. The Morgan fingerprint density at radius 3 is 1.77 bits per heavy atom. The Balaban J connectivity index is 2.26. The molecule has 0 aliphatic carbocycles. The fourth-order valence-electron chi connectivity index (χ4n) is 4.27. The van der Waals surface area contributed by atoms with Crippen molar-refractivity contribution >= 4 is 30.5 Å². The lowest BCUT2D eigenvalue weighted by atomic mass is 9.71. The molecule has 40 heavy (non-hydrogen) atoms. The van der Waals surface area contributed by atoms with Gasteiger partial charge >= 0.3 is 30.6 Å². The minimum absolute atomic E-state index is 0.201. The highest BCUT2D eigenvalue weighted by Gasteiger charge is 2.80. The third-order valence-electron chi connectivity index (χ3n) is 7.06. The number of halogens is 3. The maximum atomic E-state index is 16.9. The van der Waals surface area contributed by atoms with Gasteiger partial charge in [0.05, 0.1) is 11.2 Å². The van der Waals surface area contributed by atoms with E-state index in [1.165, 1.54) is 47.6 Å². The van der Waals surface area contributed by atoms with Crippen LogP contribution >= 0.6 is 0 Å². The highest BCUT2D eigenvalue weighted by Crippen LogP contribution is 2.53. The Kier molecular flexibility index (Phi) is 7.43. The number of hydrogen-bond acceptors (Lipinski definition) is 9. The van der Waals surface area contributed by atoms with E-state index in [0.717, 1.165) is 19.1 Å². The predicted molar refractivity (Wildman–Crippen MR) is 142 cm³/mol. The number of alkyl halides is 2. The number of rotatable bonds is 4. The third kappa shape index (κ3) is 5.18. The second-order valence-corrected chi connectivity index (χ2v) is 13.2. The molecule has 13 heteroatoms. The molecule has 3 rings (SSSR count). The van der Waals surface area contributed by atoms with Crippen LogP contribution < -0.4 is 11.2 Å². The molecular formula is C27H38BF3N2O7. The van der Waals surface area contributed by atoms with E-state index in [1.807, 2.05) is 0 Å². The van der Waals surface area contributed by atoms with Gasteiger partial charge in [-0.1, -0.05) is 12.1 Å². The van der Waals surface area contributed by atoms with Crippen molar-refractivity contribution in [1.82, 2.24) is 0 Å². The van der Waals surface area contributed by atoms with E-state index in [0.29, 0.717) is 0 Å². The summed E-state index contributed by atoms with van der Waals surface area (Å²) in [5, 5.41) is 0. The van der Waals surface area contributed by atoms with Crippen molar-refractivity contribution < 1.29 is 46.3 Å². The summed E-state index contributed by atoms with van der Waals surface area (Å²) in [6.45, 7) is 16.5. The van der Waals surface area contributed by atoms with Gasteiger partial charge in [0.2, 0.25) is 0 Å². The van der Waals surface area contributed by atoms with Gasteiger partial charge in [0.15, 0.2) is 5.54 Å². The summed E-state index contributed by atoms with van der Waals surface area (Å²) in [7, 11) is -1.04. The van der Waals surface area contributed by atoms with E-state index in [2.05, 4.69) is 4.99 Å². The number of nitrogens with two attached hydrogens (primary N) is 1. The smallest absolute Gasteiger partial charge is 0.456 e. The number of hydrogen-bond donors (Lipinski definition) is 1. The molecule has 0 amide bonds. The van der Waals surface area contributed by atoms with Gasteiger partial charge in [0.1, 0.15) is 17.0 Å². The van der Waals surface area contributed by atoms with Crippen LogP contribution in [0.1, 0.15) is 81.7 Å². The summed E-state index contributed by atoms with van der Waals surface area (Å²) >= 11 is 0. The molecule has 222 valence electrons. The number of carbonyl (C=O) groups is 2. The quantitative estimate of drug-likeness (QED) is 0.331. The van der Waals surface area contributed by atoms with Gasteiger partial charge in [-0.2, -0.15) is 8.78 Å². The van der Waals surface area contributed by atoms with Gasteiger partial charge < -0.3 is 29.3 Å². The Morgan fingerprint density at radius 2 is 1.35 bits per heavy atom. The van der Waals surface area contributed by atoms with Gasteiger partial charge in [-0.25, -0.2) is 19.0 Å². The first kappa shape index (κ1) is 31.7. The fraction of sp³-hybridized carbons (Fsp3) is 0.667. The van der Waals surface area contributed by atoms with Crippen molar-refractivity contribution in [2.45, 2.75) is 116 Å². The zero-order valence-corrected chi connectivity index (χ0v) is 24.8. The molecule has 9 nitrogen and oxygen atoms in total. The number of nitrogens with zero attached hydrogens (tertiary/aromatic N) is 1. The van der Waals surface area contributed by atoms with Crippen molar-refractivity contribution in [3.63, 3.8) is 0 Å². The minimum atomic E-state index is -4.59. The molecule has 0 bridgehead atoms. The largest absolute Gasteiger partial charge is 0.494 e. The van der Waals surface area contributed by atoms with Crippen LogP contribution in [0.15, 0.2) is 23.2 Å². The number of ether oxygens (including phenoxy) is 3. The molecule has 2 heterocycles. The summed E-state index contributed by atoms with van der Waals surface area (Å²) in [5.74, 6) is -9.25. The molecule has 0 saturated carbocycles. The zero-order chi connectivity index (χ0) is 30.9. The highest BCUT2D eigenvalue weighted by molar-refractivity contribution is 6.62. The molecule has 1 atom stereocenters. The van der Waals surface area contributed by atoms with E-state index in [1.54, 1.807) is 27.7 Å². The number of esters is 2. The Hall–Kier alpha value is -2.80. The second-order valence-electron chi connectivity index (χ2n) is 13.2. The first-order valence-electron chi connectivity index (χ1n) is 12.8. The van der Waals surface area contributed by atoms with Crippen LogP contribution in [0.5, 0.6) is 0 Å². The van der Waals surface area contributed by atoms with Crippen molar-refractivity contribution in [1.29, 1.82) is 0 Å². The predicted octanol–water partition coefficient (Wildman–Crippen LogP) is 3.74. The first-order valence-corrected chi connectivity index (χ1v) is 12.8. The molecule has 0 unspecified atom stereocenters. The van der Waals surface area contributed by atoms with Gasteiger partial charge in [-0.05, 0) is 87.7 Å². The summed E-state index contributed by atoms with van der Waals surface area (Å²) in [6.07, 6.45) is 0. The van der Waals surface area contributed by atoms with Crippen LogP contribution in [0.2, 0.25) is 0 Å². The summed E-state index contributed by atoms with van der Waals surface area (Å²) < 4.78 is 76.8. The van der Waals surface area contributed by atoms with E-state index in [9.17, 15) is 9.59 Å². The van der Waals surface area contributed by atoms with E-state index >= 15 is 13.2 Å². The van der Waals surface area contributed by atoms with Gasteiger partial charge in [0.25, 0.3) is 6.02 Å². The average Bonchev–Trinajstić information content (AvgIpc) is 2.95. The van der Waals surface area contributed by atoms with Crippen LogP contribution in [0, 0.1) is 5.82 Å². The van der Waals surface area contributed by atoms with Crippen LogP contribution in [0.4, 0.5) is 13.2 Å². The summed E-state index contributed by atoms with van der Waals surface area (Å²) in [5.41, 5.74) is -5.56. The molecule has 0 radical (unpaired) electrons. The topological polar surface area (TPSA) is 119 Å². The molecule has 2 aliphatic rings. The maximum Gasteiger partial charge on any atom is 0.494 e. The molecule has 1 aromatic rings. The zero-order valence-electron chi connectivity index (χ0n) is 24.8. The van der Waals surface area contributed by atoms with E-state index in [-0.39, 0.29) is 5.46 Å². The van der Waals surface area contributed by atoms with E-state index in [4.69, 9.17) is 29.3 Å². The number of aliphatic imine (C=N–C) groups is 1.